The number of unbranched alkanes of at least 4 members (excludes halogenated alkanes) is 1. The summed E-state index contributed by atoms with van der Waals surface area (Å²) in [6.45, 7) is 16.3. The van der Waals surface area contributed by atoms with Gasteiger partial charge in [0.1, 0.15) is 5.75 Å². The molecule has 0 aromatic heterocycles. The first-order valence-corrected chi connectivity index (χ1v) is 10.3. The van der Waals surface area contributed by atoms with Gasteiger partial charge in [-0.15, -0.1) is 0 Å². The molecular weight excluding hydrogens is 360 g/mol. The molecule has 0 fully saturated rings. The smallest absolute Gasteiger partial charge is 0.335 e. The molecule has 0 bridgehead atoms. The van der Waals surface area contributed by atoms with E-state index in [9.17, 15) is 15.0 Å². The first-order chi connectivity index (χ1) is 13.5. The molecule has 3 nitrogen and oxygen atoms in total. The van der Waals surface area contributed by atoms with E-state index in [0.717, 1.165) is 47.1 Å². The molecule has 156 valence electrons. The van der Waals surface area contributed by atoms with E-state index in [4.69, 9.17) is 0 Å². The summed E-state index contributed by atoms with van der Waals surface area (Å²) in [4.78, 5) is 11.7. The standard InChI is InChI=1S/C26H34O3/c1-8-9-10-20-17(3)11-12-21(18(4)25(28)29)22(20)15-19-13-16(2)14-23(24(19)27)26(5,6)7/h11-14,27H,4,8-10,15H2,1-3,5-7H3,(H,28,29). The van der Waals surface area contributed by atoms with Crippen LogP contribution in [0, 0.1) is 13.8 Å². The van der Waals surface area contributed by atoms with Gasteiger partial charge < -0.3 is 10.2 Å². The van der Waals surface area contributed by atoms with Crippen LogP contribution in [0.1, 0.15) is 79.5 Å². The highest BCUT2D eigenvalue weighted by Crippen LogP contribution is 2.37. The molecule has 2 rings (SSSR count). The lowest BCUT2D eigenvalue weighted by atomic mass is 9.81. The van der Waals surface area contributed by atoms with Crippen LogP contribution in [0.3, 0.4) is 0 Å². The summed E-state index contributed by atoms with van der Waals surface area (Å²) in [5.41, 5.74) is 6.69. The number of carboxylic acids is 1. The van der Waals surface area contributed by atoms with Gasteiger partial charge in [-0.25, -0.2) is 4.79 Å². The normalized spacial score (nSPS) is 11.5. The third-order valence-corrected chi connectivity index (χ3v) is 5.54. The highest BCUT2D eigenvalue weighted by molar-refractivity contribution is 6.15. The van der Waals surface area contributed by atoms with Crippen LogP contribution in [-0.4, -0.2) is 16.2 Å². The van der Waals surface area contributed by atoms with Crippen LogP contribution < -0.4 is 0 Å². The predicted octanol–water partition coefficient (Wildman–Crippen LogP) is 6.34. The van der Waals surface area contributed by atoms with Crippen molar-refractivity contribution in [2.45, 2.75) is 72.6 Å². The number of phenols is 1. The van der Waals surface area contributed by atoms with Gasteiger partial charge in [-0.05, 0) is 65.5 Å². The fourth-order valence-electron chi connectivity index (χ4n) is 3.86. The number of carbonyl (C=O) groups is 1. The average molecular weight is 395 g/mol. The molecule has 0 heterocycles. The van der Waals surface area contributed by atoms with E-state index in [-0.39, 0.29) is 11.0 Å². The third kappa shape index (κ3) is 5.09. The van der Waals surface area contributed by atoms with E-state index < -0.39 is 5.97 Å². The van der Waals surface area contributed by atoms with Crippen molar-refractivity contribution in [2.75, 3.05) is 0 Å². The van der Waals surface area contributed by atoms with Crippen molar-refractivity contribution in [3.8, 4) is 5.75 Å². The lowest BCUT2D eigenvalue weighted by molar-refractivity contribution is -0.130. The lowest BCUT2D eigenvalue weighted by Crippen LogP contribution is -2.13. The number of aromatic hydroxyl groups is 1. The average Bonchev–Trinajstić information content (AvgIpc) is 2.62. The predicted molar refractivity (Wildman–Crippen MR) is 121 cm³/mol. The Hall–Kier alpha value is -2.55. The number of hydrogen-bond acceptors (Lipinski definition) is 2. The minimum Gasteiger partial charge on any atom is -0.507 e. The summed E-state index contributed by atoms with van der Waals surface area (Å²) in [6, 6.07) is 7.87. The Morgan fingerprint density at radius 1 is 1.10 bits per heavy atom. The summed E-state index contributed by atoms with van der Waals surface area (Å²) in [7, 11) is 0. The summed E-state index contributed by atoms with van der Waals surface area (Å²) < 4.78 is 0. The molecule has 2 N–H and O–H groups in total. The molecule has 0 spiro atoms. The SMILES string of the molecule is C=C(C(=O)O)c1ccc(C)c(CCCC)c1Cc1cc(C)cc(C(C)(C)C)c1O. The van der Waals surface area contributed by atoms with Gasteiger partial charge in [0.05, 0.1) is 5.57 Å². The molecular formula is C26H34O3. The molecule has 0 saturated carbocycles. The Kier molecular flexibility index (Phi) is 6.94. The van der Waals surface area contributed by atoms with Gasteiger partial charge in [-0.3, -0.25) is 0 Å². The van der Waals surface area contributed by atoms with Gasteiger partial charge in [0, 0.05) is 6.42 Å². The van der Waals surface area contributed by atoms with Crippen LogP contribution in [0.2, 0.25) is 0 Å². The topological polar surface area (TPSA) is 57.5 Å². The monoisotopic (exact) mass is 394 g/mol. The minimum absolute atomic E-state index is 0.0981. The zero-order valence-electron chi connectivity index (χ0n) is 18.6. The van der Waals surface area contributed by atoms with Gasteiger partial charge in [-0.1, -0.05) is 70.5 Å². The van der Waals surface area contributed by atoms with E-state index in [1.807, 2.05) is 31.2 Å². The zero-order chi connectivity index (χ0) is 21.9. The van der Waals surface area contributed by atoms with Crippen LogP contribution >= 0.6 is 0 Å². The van der Waals surface area contributed by atoms with E-state index in [0.29, 0.717) is 17.7 Å². The van der Waals surface area contributed by atoms with Crippen LogP contribution in [0.4, 0.5) is 0 Å². The quantitative estimate of drug-likeness (QED) is 0.539. The molecule has 3 heteroatoms. The fraction of sp³-hybridized carbons (Fsp3) is 0.423. The molecule has 0 amide bonds. The molecule has 0 aliphatic rings. The van der Waals surface area contributed by atoms with E-state index >= 15 is 0 Å². The molecule has 0 saturated heterocycles. The molecule has 0 aliphatic heterocycles. The number of aliphatic carboxylic acids is 1. The molecule has 29 heavy (non-hydrogen) atoms. The van der Waals surface area contributed by atoms with Crippen molar-refractivity contribution in [3.05, 3.63) is 69.8 Å². The van der Waals surface area contributed by atoms with Gasteiger partial charge in [0.15, 0.2) is 0 Å². The van der Waals surface area contributed by atoms with Crippen molar-refractivity contribution in [1.82, 2.24) is 0 Å². The maximum absolute atomic E-state index is 11.7. The fourth-order valence-corrected chi connectivity index (χ4v) is 3.86. The van der Waals surface area contributed by atoms with E-state index in [2.05, 4.69) is 41.2 Å². The number of carboxylic acid groups (broad SMARTS) is 1. The van der Waals surface area contributed by atoms with Crippen LogP contribution in [-0.2, 0) is 23.1 Å². The molecule has 0 unspecified atom stereocenters. The van der Waals surface area contributed by atoms with Crippen molar-refractivity contribution >= 4 is 11.5 Å². The Morgan fingerprint density at radius 2 is 1.76 bits per heavy atom. The number of phenolic OH excluding ortho intramolecular Hbond substituents is 1. The number of benzene rings is 2. The van der Waals surface area contributed by atoms with Crippen LogP contribution in [0.5, 0.6) is 5.75 Å². The minimum atomic E-state index is -1.01. The maximum atomic E-state index is 11.7. The molecule has 0 radical (unpaired) electrons. The lowest BCUT2D eigenvalue weighted by Gasteiger charge is -2.24. The first kappa shape index (κ1) is 22.7. The van der Waals surface area contributed by atoms with Gasteiger partial charge in [0.25, 0.3) is 0 Å². The number of rotatable bonds is 7. The number of aryl methyl sites for hydroxylation is 2. The van der Waals surface area contributed by atoms with Crippen molar-refractivity contribution in [1.29, 1.82) is 0 Å². The Labute approximate surface area is 175 Å². The second-order valence-electron chi connectivity index (χ2n) is 9.02. The van der Waals surface area contributed by atoms with Crippen LogP contribution in [0.25, 0.3) is 5.57 Å². The molecule has 2 aromatic rings. The largest absolute Gasteiger partial charge is 0.507 e. The molecule has 0 aliphatic carbocycles. The zero-order valence-corrected chi connectivity index (χ0v) is 18.6. The Morgan fingerprint density at radius 3 is 2.31 bits per heavy atom. The second-order valence-corrected chi connectivity index (χ2v) is 9.02. The van der Waals surface area contributed by atoms with Crippen molar-refractivity contribution < 1.29 is 15.0 Å². The summed E-state index contributed by atoms with van der Waals surface area (Å²) in [6.07, 6.45) is 3.47. The highest BCUT2D eigenvalue weighted by atomic mass is 16.4. The van der Waals surface area contributed by atoms with Crippen molar-refractivity contribution in [2.24, 2.45) is 0 Å². The Bertz CT molecular complexity index is 930. The molecule has 0 atom stereocenters. The van der Waals surface area contributed by atoms with Gasteiger partial charge in [0.2, 0.25) is 0 Å². The van der Waals surface area contributed by atoms with Gasteiger partial charge in [-0.2, -0.15) is 0 Å². The van der Waals surface area contributed by atoms with Gasteiger partial charge >= 0.3 is 5.97 Å². The third-order valence-electron chi connectivity index (χ3n) is 5.54. The van der Waals surface area contributed by atoms with Crippen molar-refractivity contribution in [3.63, 3.8) is 0 Å². The Balaban J connectivity index is 2.70. The van der Waals surface area contributed by atoms with E-state index in [1.165, 1.54) is 5.56 Å². The van der Waals surface area contributed by atoms with Crippen LogP contribution in [0.15, 0.2) is 30.8 Å². The summed E-state index contributed by atoms with van der Waals surface area (Å²) >= 11 is 0. The summed E-state index contributed by atoms with van der Waals surface area (Å²) in [5.74, 6) is -0.710. The first-order valence-electron chi connectivity index (χ1n) is 10.3. The van der Waals surface area contributed by atoms with E-state index in [1.54, 1.807) is 0 Å². The second kappa shape index (κ2) is 8.86. The maximum Gasteiger partial charge on any atom is 0.335 e. The number of hydrogen-bond donors (Lipinski definition) is 2. The summed E-state index contributed by atoms with van der Waals surface area (Å²) in [5, 5.41) is 20.6. The highest BCUT2D eigenvalue weighted by Gasteiger charge is 2.23. The molecule has 2 aromatic carbocycles.